The fraction of sp³-hybridized carbons (Fsp3) is 0.231. The van der Waals surface area contributed by atoms with Gasteiger partial charge in [-0.1, -0.05) is 12.1 Å². The molecule has 1 aromatic heterocycles. The Bertz CT molecular complexity index is 565. The molecule has 6 heteroatoms. The van der Waals surface area contributed by atoms with Gasteiger partial charge in [-0.25, -0.2) is 0 Å². The van der Waals surface area contributed by atoms with Crippen LogP contribution in [-0.4, -0.2) is 22.3 Å². The van der Waals surface area contributed by atoms with Crippen molar-refractivity contribution in [1.82, 2.24) is 9.78 Å². The highest BCUT2D eigenvalue weighted by Crippen LogP contribution is 2.19. The van der Waals surface area contributed by atoms with Gasteiger partial charge in [0.1, 0.15) is 5.75 Å². The molecule has 1 heterocycles. The third-order valence-corrected chi connectivity index (χ3v) is 2.52. The van der Waals surface area contributed by atoms with Gasteiger partial charge in [-0.15, -0.1) is 0 Å². The highest BCUT2D eigenvalue weighted by molar-refractivity contribution is 5.91. The van der Waals surface area contributed by atoms with E-state index in [2.05, 4.69) is 10.4 Å². The van der Waals surface area contributed by atoms with Crippen molar-refractivity contribution >= 4 is 17.3 Å². The summed E-state index contributed by atoms with van der Waals surface area (Å²) in [6, 6.07) is 7.05. The summed E-state index contributed by atoms with van der Waals surface area (Å²) in [6.07, 6.45) is 3.35. The van der Waals surface area contributed by atoms with Gasteiger partial charge in [-0.05, 0) is 19.1 Å². The monoisotopic (exact) mass is 260 g/mol. The number of benzene rings is 1. The maximum Gasteiger partial charge on any atom is 0.262 e. The first-order chi connectivity index (χ1) is 9.19. The Labute approximate surface area is 111 Å². The molecule has 2 rings (SSSR count). The number of nitrogens with one attached hydrogen (secondary N) is 1. The minimum absolute atomic E-state index is 0.0917. The second-order valence-electron chi connectivity index (χ2n) is 3.96. The van der Waals surface area contributed by atoms with Crippen LogP contribution in [0.25, 0.3) is 0 Å². The average molecular weight is 260 g/mol. The lowest BCUT2D eigenvalue weighted by Crippen LogP contribution is -2.20. The number of rotatable bonds is 5. The van der Waals surface area contributed by atoms with E-state index in [1.54, 1.807) is 41.3 Å². The van der Waals surface area contributed by atoms with Crippen molar-refractivity contribution in [2.75, 3.05) is 17.7 Å². The Morgan fingerprint density at radius 2 is 2.26 bits per heavy atom. The minimum Gasteiger partial charge on any atom is -0.482 e. The van der Waals surface area contributed by atoms with Crippen LogP contribution < -0.4 is 15.8 Å². The number of nitrogens with zero attached hydrogens (tertiary/aromatic N) is 2. The zero-order valence-corrected chi connectivity index (χ0v) is 10.7. The van der Waals surface area contributed by atoms with Gasteiger partial charge in [0.25, 0.3) is 5.91 Å². The maximum atomic E-state index is 11.7. The van der Waals surface area contributed by atoms with Crippen LogP contribution in [0.5, 0.6) is 5.75 Å². The van der Waals surface area contributed by atoms with Crippen LogP contribution in [0, 0.1) is 0 Å². The lowest BCUT2D eigenvalue weighted by Gasteiger charge is -2.08. The Balaban J connectivity index is 1.86. The number of amides is 1. The summed E-state index contributed by atoms with van der Waals surface area (Å²) in [4.78, 5) is 11.7. The Hall–Kier alpha value is -2.50. The van der Waals surface area contributed by atoms with Gasteiger partial charge in [-0.3, -0.25) is 9.48 Å². The van der Waals surface area contributed by atoms with Crippen LogP contribution in [-0.2, 0) is 11.3 Å². The van der Waals surface area contributed by atoms with Crippen LogP contribution in [0.15, 0.2) is 36.7 Å². The standard InChI is InChI=1S/C13H16N4O2/c1-2-17-8-10(7-15-17)16-13(18)9-19-12-6-4-3-5-11(12)14/h3-8H,2,9,14H2,1H3,(H,16,18). The molecule has 0 saturated carbocycles. The molecule has 0 spiro atoms. The highest BCUT2D eigenvalue weighted by Gasteiger charge is 2.06. The van der Waals surface area contributed by atoms with Crippen LogP contribution in [0.3, 0.4) is 0 Å². The summed E-state index contributed by atoms with van der Waals surface area (Å²) in [5.41, 5.74) is 6.87. The number of para-hydroxylation sites is 2. The van der Waals surface area contributed by atoms with Gasteiger partial charge in [0.15, 0.2) is 6.61 Å². The Morgan fingerprint density at radius 3 is 2.95 bits per heavy atom. The van der Waals surface area contributed by atoms with E-state index in [-0.39, 0.29) is 12.5 Å². The van der Waals surface area contributed by atoms with Crippen molar-refractivity contribution in [3.63, 3.8) is 0 Å². The molecule has 0 fully saturated rings. The molecule has 0 bridgehead atoms. The van der Waals surface area contributed by atoms with Crippen LogP contribution in [0.2, 0.25) is 0 Å². The molecule has 2 aromatic rings. The SMILES string of the molecule is CCn1cc(NC(=O)COc2ccccc2N)cn1. The number of nitrogen functional groups attached to an aromatic ring is 1. The fourth-order valence-electron chi connectivity index (χ4n) is 1.55. The molecule has 0 unspecified atom stereocenters. The molecule has 0 saturated heterocycles. The second kappa shape index (κ2) is 5.90. The normalized spacial score (nSPS) is 10.2. The van der Waals surface area contributed by atoms with Crippen molar-refractivity contribution in [3.05, 3.63) is 36.7 Å². The zero-order chi connectivity index (χ0) is 13.7. The summed E-state index contributed by atoms with van der Waals surface area (Å²) in [5.74, 6) is 0.251. The molecule has 1 amide bonds. The molecule has 3 N–H and O–H groups in total. The van der Waals surface area contributed by atoms with E-state index in [9.17, 15) is 4.79 Å². The number of anilines is 2. The number of aromatic nitrogens is 2. The zero-order valence-electron chi connectivity index (χ0n) is 10.7. The molecular weight excluding hydrogens is 244 g/mol. The number of hydrogen-bond donors (Lipinski definition) is 2. The van der Waals surface area contributed by atoms with E-state index >= 15 is 0 Å². The molecule has 1 aromatic carbocycles. The molecule has 0 aliphatic carbocycles. The molecular formula is C13H16N4O2. The van der Waals surface area contributed by atoms with E-state index < -0.39 is 0 Å². The van der Waals surface area contributed by atoms with Gasteiger partial charge in [0, 0.05) is 12.7 Å². The van der Waals surface area contributed by atoms with Crippen molar-refractivity contribution in [3.8, 4) is 5.75 Å². The quantitative estimate of drug-likeness (QED) is 0.798. The minimum atomic E-state index is -0.251. The molecule has 19 heavy (non-hydrogen) atoms. The second-order valence-corrected chi connectivity index (χ2v) is 3.96. The lowest BCUT2D eigenvalue weighted by atomic mass is 10.3. The van der Waals surface area contributed by atoms with Gasteiger partial charge in [-0.2, -0.15) is 5.10 Å². The van der Waals surface area contributed by atoms with E-state index in [4.69, 9.17) is 10.5 Å². The summed E-state index contributed by atoms with van der Waals surface area (Å²) >= 11 is 0. The summed E-state index contributed by atoms with van der Waals surface area (Å²) in [6.45, 7) is 2.64. The molecule has 6 nitrogen and oxygen atoms in total. The topological polar surface area (TPSA) is 82.2 Å². The van der Waals surface area contributed by atoms with Crippen molar-refractivity contribution < 1.29 is 9.53 Å². The van der Waals surface area contributed by atoms with Gasteiger partial charge in [0.05, 0.1) is 17.6 Å². The third kappa shape index (κ3) is 3.48. The van der Waals surface area contributed by atoms with Gasteiger partial charge < -0.3 is 15.8 Å². The molecule has 100 valence electrons. The molecule has 0 atom stereocenters. The average Bonchev–Trinajstić information content (AvgIpc) is 2.85. The number of carbonyl (C=O) groups excluding carboxylic acids is 1. The Morgan fingerprint density at radius 1 is 1.47 bits per heavy atom. The van der Waals surface area contributed by atoms with Crippen molar-refractivity contribution in [2.24, 2.45) is 0 Å². The largest absolute Gasteiger partial charge is 0.482 e. The van der Waals surface area contributed by atoms with Crippen molar-refractivity contribution in [2.45, 2.75) is 13.5 Å². The number of hydrogen-bond acceptors (Lipinski definition) is 4. The predicted molar refractivity (Wildman–Crippen MR) is 72.9 cm³/mol. The summed E-state index contributed by atoms with van der Waals surface area (Å²) in [7, 11) is 0. The van der Waals surface area contributed by atoms with E-state index in [1.165, 1.54) is 0 Å². The first-order valence-electron chi connectivity index (χ1n) is 5.98. The van der Waals surface area contributed by atoms with E-state index in [0.29, 0.717) is 17.1 Å². The smallest absolute Gasteiger partial charge is 0.262 e. The number of ether oxygens (including phenoxy) is 1. The number of aryl methyl sites for hydroxylation is 1. The van der Waals surface area contributed by atoms with E-state index in [1.807, 2.05) is 6.92 Å². The fourth-order valence-corrected chi connectivity index (χ4v) is 1.55. The molecule has 0 radical (unpaired) electrons. The van der Waals surface area contributed by atoms with Crippen LogP contribution >= 0.6 is 0 Å². The molecule has 0 aliphatic rings. The first kappa shape index (κ1) is 12.9. The number of nitrogens with two attached hydrogens (primary N) is 1. The Kier molecular flexibility index (Phi) is 4.02. The number of carbonyl (C=O) groups is 1. The van der Waals surface area contributed by atoms with Crippen LogP contribution in [0.4, 0.5) is 11.4 Å². The predicted octanol–water partition coefficient (Wildman–Crippen LogP) is 1.50. The maximum absolute atomic E-state index is 11.7. The summed E-state index contributed by atoms with van der Waals surface area (Å²) in [5, 5.41) is 6.76. The highest BCUT2D eigenvalue weighted by atomic mass is 16.5. The van der Waals surface area contributed by atoms with Crippen LogP contribution in [0.1, 0.15) is 6.92 Å². The van der Waals surface area contributed by atoms with Crippen molar-refractivity contribution in [1.29, 1.82) is 0 Å². The van der Waals surface area contributed by atoms with Gasteiger partial charge in [0.2, 0.25) is 0 Å². The molecule has 0 aliphatic heterocycles. The van der Waals surface area contributed by atoms with E-state index in [0.717, 1.165) is 6.54 Å². The lowest BCUT2D eigenvalue weighted by molar-refractivity contribution is -0.118. The third-order valence-electron chi connectivity index (χ3n) is 2.52. The van der Waals surface area contributed by atoms with Gasteiger partial charge >= 0.3 is 0 Å². The first-order valence-corrected chi connectivity index (χ1v) is 5.98. The summed E-state index contributed by atoms with van der Waals surface area (Å²) < 4.78 is 7.07.